The first-order valence-corrected chi connectivity index (χ1v) is 5.90. The summed E-state index contributed by atoms with van der Waals surface area (Å²) >= 11 is 0. The minimum absolute atomic E-state index is 0.190. The molecule has 0 aromatic carbocycles. The fourth-order valence-electron chi connectivity index (χ4n) is 3.00. The number of aliphatic hydroxyl groups is 1. The third-order valence-electron chi connectivity index (χ3n) is 3.95. The van der Waals surface area contributed by atoms with Crippen molar-refractivity contribution in [2.75, 3.05) is 6.54 Å². The van der Waals surface area contributed by atoms with Gasteiger partial charge in [0.1, 0.15) is 0 Å². The van der Waals surface area contributed by atoms with Crippen molar-refractivity contribution in [3.63, 3.8) is 0 Å². The van der Waals surface area contributed by atoms with Crippen LogP contribution in [0.15, 0.2) is 12.2 Å². The highest BCUT2D eigenvalue weighted by Crippen LogP contribution is 2.38. The number of hydrogen-bond acceptors (Lipinski definition) is 2. The molecule has 1 aliphatic heterocycles. The van der Waals surface area contributed by atoms with Crippen molar-refractivity contribution in [1.29, 1.82) is 0 Å². The van der Waals surface area contributed by atoms with Crippen LogP contribution in [0.2, 0.25) is 0 Å². The average molecular weight is 195 g/mol. The molecule has 0 aromatic rings. The summed E-state index contributed by atoms with van der Waals surface area (Å²) in [5.74, 6) is 0.507. The predicted molar refractivity (Wildman–Crippen MR) is 58.1 cm³/mol. The van der Waals surface area contributed by atoms with Gasteiger partial charge in [-0.1, -0.05) is 31.9 Å². The fourth-order valence-corrected chi connectivity index (χ4v) is 3.00. The van der Waals surface area contributed by atoms with Gasteiger partial charge in [0.2, 0.25) is 0 Å². The van der Waals surface area contributed by atoms with Gasteiger partial charge in [-0.2, -0.15) is 0 Å². The second-order valence-corrected chi connectivity index (χ2v) is 4.64. The zero-order valence-corrected chi connectivity index (χ0v) is 9.00. The highest BCUT2D eigenvalue weighted by Gasteiger charge is 2.42. The summed E-state index contributed by atoms with van der Waals surface area (Å²) in [6, 6.07) is 0.190. The van der Waals surface area contributed by atoms with Gasteiger partial charge in [0, 0.05) is 6.54 Å². The van der Waals surface area contributed by atoms with Crippen LogP contribution in [0.3, 0.4) is 0 Å². The minimum atomic E-state index is -0.497. The summed E-state index contributed by atoms with van der Waals surface area (Å²) in [5, 5.41) is 14.1. The minimum Gasteiger partial charge on any atom is -0.388 e. The molecule has 0 bridgehead atoms. The number of rotatable bonds is 3. The molecule has 2 nitrogen and oxygen atoms in total. The SMILES string of the molecule is CCC(O)(C1CCCC1)C1C=CCN1. The van der Waals surface area contributed by atoms with E-state index >= 15 is 0 Å². The third-order valence-corrected chi connectivity index (χ3v) is 3.95. The first kappa shape index (κ1) is 10.2. The highest BCUT2D eigenvalue weighted by atomic mass is 16.3. The van der Waals surface area contributed by atoms with E-state index in [0.29, 0.717) is 5.92 Å². The summed E-state index contributed by atoms with van der Waals surface area (Å²) in [5.41, 5.74) is -0.497. The van der Waals surface area contributed by atoms with E-state index in [4.69, 9.17) is 0 Å². The van der Waals surface area contributed by atoms with Crippen LogP contribution in [0, 0.1) is 5.92 Å². The van der Waals surface area contributed by atoms with E-state index in [1.807, 2.05) is 0 Å². The molecule has 0 spiro atoms. The normalized spacial score (nSPS) is 32.3. The average Bonchev–Trinajstić information content (AvgIpc) is 2.88. The van der Waals surface area contributed by atoms with E-state index in [9.17, 15) is 5.11 Å². The molecule has 0 radical (unpaired) electrons. The lowest BCUT2D eigenvalue weighted by Gasteiger charge is -2.38. The maximum Gasteiger partial charge on any atom is 0.0861 e. The van der Waals surface area contributed by atoms with Gasteiger partial charge in [0.05, 0.1) is 11.6 Å². The molecule has 14 heavy (non-hydrogen) atoms. The number of nitrogens with one attached hydrogen (secondary N) is 1. The molecule has 2 rings (SSSR count). The Morgan fingerprint density at radius 1 is 1.43 bits per heavy atom. The smallest absolute Gasteiger partial charge is 0.0861 e. The Hall–Kier alpha value is -0.340. The third kappa shape index (κ3) is 1.61. The molecule has 1 fully saturated rings. The van der Waals surface area contributed by atoms with Crippen LogP contribution in [-0.2, 0) is 0 Å². The van der Waals surface area contributed by atoms with Crippen molar-refractivity contribution in [1.82, 2.24) is 5.32 Å². The van der Waals surface area contributed by atoms with Crippen LogP contribution >= 0.6 is 0 Å². The van der Waals surface area contributed by atoms with Gasteiger partial charge in [-0.3, -0.25) is 0 Å². The van der Waals surface area contributed by atoms with E-state index in [0.717, 1.165) is 13.0 Å². The molecule has 0 aromatic heterocycles. The maximum atomic E-state index is 10.7. The Morgan fingerprint density at radius 3 is 2.64 bits per heavy atom. The number of hydrogen-bond donors (Lipinski definition) is 2. The van der Waals surface area contributed by atoms with Crippen LogP contribution < -0.4 is 5.32 Å². The highest BCUT2D eigenvalue weighted by molar-refractivity contribution is 5.12. The molecule has 2 unspecified atom stereocenters. The standard InChI is InChI=1S/C12H21NO/c1-2-12(14,10-6-3-4-7-10)11-8-5-9-13-11/h5,8,10-11,13-14H,2-4,6-7,9H2,1H3. The van der Waals surface area contributed by atoms with E-state index in [1.54, 1.807) is 0 Å². The van der Waals surface area contributed by atoms with Gasteiger partial charge >= 0.3 is 0 Å². The van der Waals surface area contributed by atoms with Gasteiger partial charge in [-0.05, 0) is 25.2 Å². The Morgan fingerprint density at radius 2 is 2.14 bits per heavy atom. The molecular formula is C12H21NO. The van der Waals surface area contributed by atoms with Crippen molar-refractivity contribution in [2.45, 2.75) is 50.7 Å². The largest absolute Gasteiger partial charge is 0.388 e. The van der Waals surface area contributed by atoms with Crippen molar-refractivity contribution in [3.05, 3.63) is 12.2 Å². The molecule has 80 valence electrons. The van der Waals surface area contributed by atoms with Gasteiger partial charge in [-0.15, -0.1) is 0 Å². The Kier molecular flexibility index (Phi) is 2.93. The van der Waals surface area contributed by atoms with Gasteiger partial charge in [-0.25, -0.2) is 0 Å². The fraction of sp³-hybridized carbons (Fsp3) is 0.833. The van der Waals surface area contributed by atoms with E-state index in [2.05, 4.69) is 24.4 Å². The molecule has 0 saturated heterocycles. The quantitative estimate of drug-likeness (QED) is 0.674. The van der Waals surface area contributed by atoms with Crippen LogP contribution in [0.25, 0.3) is 0 Å². The van der Waals surface area contributed by atoms with E-state index < -0.39 is 5.60 Å². The van der Waals surface area contributed by atoms with Crippen LogP contribution in [-0.4, -0.2) is 23.3 Å². The Balaban J connectivity index is 2.10. The second kappa shape index (κ2) is 4.03. The monoisotopic (exact) mass is 195 g/mol. The van der Waals surface area contributed by atoms with Gasteiger partial charge in [0.25, 0.3) is 0 Å². The van der Waals surface area contributed by atoms with Crippen LogP contribution in [0.1, 0.15) is 39.0 Å². The van der Waals surface area contributed by atoms with Gasteiger partial charge in [0.15, 0.2) is 0 Å². The van der Waals surface area contributed by atoms with Crippen molar-refractivity contribution < 1.29 is 5.11 Å². The molecule has 1 saturated carbocycles. The molecule has 2 heteroatoms. The molecule has 0 amide bonds. The topological polar surface area (TPSA) is 32.3 Å². The van der Waals surface area contributed by atoms with E-state index in [1.165, 1.54) is 25.7 Å². The van der Waals surface area contributed by atoms with E-state index in [-0.39, 0.29) is 6.04 Å². The predicted octanol–water partition coefficient (Wildman–Crippen LogP) is 1.85. The summed E-state index contributed by atoms with van der Waals surface area (Å²) < 4.78 is 0. The zero-order chi connectivity index (χ0) is 10.0. The van der Waals surface area contributed by atoms with Gasteiger partial charge < -0.3 is 10.4 Å². The lowest BCUT2D eigenvalue weighted by atomic mass is 9.78. The lowest BCUT2D eigenvalue weighted by molar-refractivity contribution is -0.0372. The molecule has 2 atom stereocenters. The Labute approximate surface area is 86.4 Å². The molecule has 2 aliphatic rings. The first-order chi connectivity index (χ1) is 6.77. The first-order valence-electron chi connectivity index (χ1n) is 5.90. The van der Waals surface area contributed by atoms with Crippen molar-refractivity contribution in [3.8, 4) is 0 Å². The van der Waals surface area contributed by atoms with Crippen molar-refractivity contribution >= 4 is 0 Å². The molecular weight excluding hydrogens is 174 g/mol. The zero-order valence-electron chi connectivity index (χ0n) is 9.00. The molecule has 2 N–H and O–H groups in total. The lowest BCUT2D eigenvalue weighted by Crippen LogP contribution is -2.51. The maximum absolute atomic E-state index is 10.7. The summed E-state index contributed by atoms with van der Waals surface area (Å²) in [4.78, 5) is 0. The summed E-state index contributed by atoms with van der Waals surface area (Å²) in [7, 11) is 0. The summed E-state index contributed by atoms with van der Waals surface area (Å²) in [6.07, 6.45) is 10.1. The molecule has 1 aliphatic carbocycles. The van der Waals surface area contributed by atoms with Crippen LogP contribution in [0.5, 0.6) is 0 Å². The summed E-state index contributed by atoms with van der Waals surface area (Å²) in [6.45, 7) is 3.02. The second-order valence-electron chi connectivity index (χ2n) is 4.64. The molecule has 1 heterocycles. The van der Waals surface area contributed by atoms with Crippen LogP contribution in [0.4, 0.5) is 0 Å². The Bertz CT molecular complexity index is 220. The van der Waals surface area contributed by atoms with Crippen molar-refractivity contribution in [2.24, 2.45) is 5.92 Å².